The van der Waals surface area contributed by atoms with E-state index in [1.807, 2.05) is 6.07 Å². The second-order valence-electron chi connectivity index (χ2n) is 6.55. The summed E-state index contributed by atoms with van der Waals surface area (Å²) in [5, 5.41) is 7.63. The molecule has 1 aromatic carbocycles. The summed E-state index contributed by atoms with van der Waals surface area (Å²) in [6.45, 7) is 1.46. The van der Waals surface area contributed by atoms with Gasteiger partial charge in [-0.1, -0.05) is 17.7 Å². The number of halogens is 1. The highest BCUT2D eigenvalue weighted by molar-refractivity contribution is 6.30. The number of amides is 2. The number of hydrogen-bond donors (Lipinski definition) is 1. The monoisotopic (exact) mass is 398 g/mol. The maximum Gasteiger partial charge on any atom is 0.272 e. The van der Waals surface area contributed by atoms with Gasteiger partial charge in [-0.2, -0.15) is 5.10 Å². The van der Waals surface area contributed by atoms with Crippen LogP contribution in [0.5, 0.6) is 0 Å². The van der Waals surface area contributed by atoms with E-state index in [4.69, 9.17) is 16.0 Å². The Bertz CT molecular complexity index is 991. The number of furan rings is 1. The summed E-state index contributed by atoms with van der Waals surface area (Å²) in [6.07, 6.45) is 3.57. The van der Waals surface area contributed by atoms with E-state index in [0.717, 1.165) is 25.9 Å². The molecule has 144 valence electrons. The smallest absolute Gasteiger partial charge is 0.272 e. The van der Waals surface area contributed by atoms with Crippen molar-refractivity contribution in [3.05, 3.63) is 59.4 Å². The van der Waals surface area contributed by atoms with Gasteiger partial charge in [-0.15, -0.1) is 0 Å². The van der Waals surface area contributed by atoms with E-state index in [2.05, 4.69) is 10.4 Å². The lowest BCUT2D eigenvalue weighted by atomic mass is 10.2. The van der Waals surface area contributed by atoms with Gasteiger partial charge in [0.2, 0.25) is 5.91 Å². The topological polar surface area (TPSA) is 80.4 Å². The predicted octanol–water partition coefficient (Wildman–Crippen LogP) is 3.14. The van der Waals surface area contributed by atoms with Gasteiger partial charge in [0.15, 0.2) is 11.5 Å². The van der Waals surface area contributed by atoms with Gasteiger partial charge in [0.05, 0.1) is 18.5 Å². The number of nitrogens with one attached hydrogen (secondary N) is 1. The van der Waals surface area contributed by atoms with E-state index < -0.39 is 5.91 Å². The van der Waals surface area contributed by atoms with Gasteiger partial charge >= 0.3 is 0 Å². The molecule has 1 aliphatic rings. The third kappa shape index (κ3) is 3.80. The van der Waals surface area contributed by atoms with Crippen LogP contribution < -0.4 is 5.32 Å². The maximum absolute atomic E-state index is 12.6. The van der Waals surface area contributed by atoms with Crippen LogP contribution in [0.25, 0.3) is 17.1 Å². The summed E-state index contributed by atoms with van der Waals surface area (Å²) in [4.78, 5) is 26.5. The average molecular weight is 399 g/mol. The Hall–Kier alpha value is -3.06. The van der Waals surface area contributed by atoms with Crippen LogP contribution in [0, 0.1) is 0 Å². The van der Waals surface area contributed by atoms with Crippen molar-refractivity contribution in [3.63, 3.8) is 0 Å². The lowest BCUT2D eigenvalue weighted by molar-refractivity contribution is -0.129. The van der Waals surface area contributed by atoms with Crippen molar-refractivity contribution in [1.82, 2.24) is 20.0 Å². The Morgan fingerprint density at radius 3 is 2.68 bits per heavy atom. The van der Waals surface area contributed by atoms with Crippen molar-refractivity contribution in [3.8, 4) is 17.1 Å². The van der Waals surface area contributed by atoms with Gasteiger partial charge in [0.25, 0.3) is 5.91 Å². The van der Waals surface area contributed by atoms with Gasteiger partial charge in [-0.05, 0) is 43.2 Å². The van der Waals surface area contributed by atoms with E-state index in [0.29, 0.717) is 22.2 Å². The fraction of sp³-hybridized carbons (Fsp3) is 0.250. The molecule has 0 atom stereocenters. The molecular formula is C20H19ClN4O3. The van der Waals surface area contributed by atoms with Crippen LogP contribution >= 0.6 is 11.6 Å². The zero-order valence-electron chi connectivity index (χ0n) is 15.1. The first-order valence-corrected chi connectivity index (χ1v) is 9.45. The highest BCUT2D eigenvalue weighted by Crippen LogP contribution is 2.25. The predicted molar refractivity (Wildman–Crippen MR) is 104 cm³/mol. The van der Waals surface area contributed by atoms with Crippen LogP contribution in [0.2, 0.25) is 5.02 Å². The number of hydrogen-bond acceptors (Lipinski definition) is 4. The van der Waals surface area contributed by atoms with Crippen LogP contribution in [0.1, 0.15) is 23.3 Å². The van der Waals surface area contributed by atoms with E-state index in [1.165, 1.54) is 0 Å². The van der Waals surface area contributed by atoms with Crippen molar-refractivity contribution in [1.29, 1.82) is 0 Å². The molecule has 2 amide bonds. The van der Waals surface area contributed by atoms with Gasteiger partial charge < -0.3 is 14.6 Å². The zero-order valence-corrected chi connectivity index (χ0v) is 15.9. The summed E-state index contributed by atoms with van der Waals surface area (Å²) in [5.74, 6) is 0.0761. The minimum absolute atomic E-state index is 0.0427. The van der Waals surface area contributed by atoms with Gasteiger partial charge in [0, 0.05) is 24.2 Å². The molecular weight excluding hydrogens is 380 g/mol. The van der Waals surface area contributed by atoms with Gasteiger partial charge in [0.1, 0.15) is 5.69 Å². The first-order chi connectivity index (χ1) is 13.6. The molecule has 0 unspecified atom stereocenters. The minimum atomic E-state index is -0.416. The number of carbonyl (C=O) groups is 2. The number of nitrogens with zero attached hydrogens (tertiary/aromatic N) is 3. The van der Waals surface area contributed by atoms with Crippen LogP contribution in [0.4, 0.5) is 0 Å². The lowest BCUT2D eigenvalue weighted by Crippen LogP contribution is -2.38. The largest absolute Gasteiger partial charge is 0.463 e. The SMILES string of the molecule is O=C(NCC(=O)N1CCCC1)c1cc(-c2ccco2)n(-c2cccc(Cl)c2)n1. The minimum Gasteiger partial charge on any atom is -0.463 e. The Morgan fingerprint density at radius 2 is 1.96 bits per heavy atom. The summed E-state index contributed by atoms with van der Waals surface area (Å²) >= 11 is 6.10. The molecule has 0 aliphatic carbocycles. The van der Waals surface area contributed by atoms with Crippen molar-refractivity contribution < 1.29 is 14.0 Å². The van der Waals surface area contributed by atoms with Gasteiger partial charge in [-0.3, -0.25) is 9.59 Å². The number of benzene rings is 1. The zero-order chi connectivity index (χ0) is 19.5. The maximum atomic E-state index is 12.6. The Labute approximate surface area is 166 Å². The third-order valence-electron chi connectivity index (χ3n) is 4.63. The number of aromatic nitrogens is 2. The standard InChI is InChI=1S/C20H19ClN4O3/c21-14-5-3-6-15(11-14)25-17(18-7-4-10-28-18)12-16(23-25)20(27)22-13-19(26)24-8-1-2-9-24/h3-7,10-12H,1-2,8-9,13H2,(H,22,27). The molecule has 0 bridgehead atoms. The molecule has 7 nitrogen and oxygen atoms in total. The summed E-state index contributed by atoms with van der Waals surface area (Å²) in [7, 11) is 0. The normalized spacial score (nSPS) is 13.7. The third-order valence-corrected chi connectivity index (χ3v) is 4.86. The molecule has 0 spiro atoms. The summed E-state index contributed by atoms with van der Waals surface area (Å²) in [6, 6.07) is 12.3. The first-order valence-electron chi connectivity index (χ1n) is 9.08. The molecule has 28 heavy (non-hydrogen) atoms. The fourth-order valence-electron chi connectivity index (χ4n) is 3.22. The average Bonchev–Trinajstić information content (AvgIpc) is 3.46. The van der Waals surface area contributed by atoms with Crippen molar-refractivity contribution in [2.75, 3.05) is 19.6 Å². The van der Waals surface area contributed by atoms with Gasteiger partial charge in [-0.25, -0.2) is 4.68 Å². The molecule has 0 saturated carbocycles. The Balaban J connectivity index is 1.58. The van der Waals surface area contributed by atoms with Crippen LogP contribution in [0.3, 0.4) is 0 Å². The molecule has 1 N–H and O–H groups in total. The molecule has 8 heteroatoms. The molecule has 4 rings (SSSR count). The molecule has 0 radical (unpaired) electrons. The second kappa shape index (κ2) is 7.90. The fourth-order valence-corrected chi connectivity index (χ4v) is 3.41. The van der Waals surface area contributed by atoms with E-state index >= 15 is 0 Å². The molecule has 3 heterocycles. The Kier molecular flexibility index (Phi) is 5.16. The number of carbonyl (C=O) groups excluding carboxylic acids is 2. The molecule has 1 fully saturated rings. The highest BCUT2D eigenvalue weighted by atomic mass is 35.5. The van der Waals surface area contributed by atoms with E-state index in [9.17, 15) is 9.59 Å². The molecule has 3 aromatic rings. The number of rotatable bonds is 5. The quantitative estimate of drug-likeness (QED) is 0.716. The Morgan fingerprint density at radius 1 is 1.14 bits per heavy atom. The van der Waals surface area contributed by atoms with Crippen molar-refractivity contribution >= 4 is 23.4 Å². The van der Waals surface area contributed by atoms with Crippen LogP contribution in [-0.4, -0.2) is 46.1 Å². The summed E-state index contributed by atoms with van der Waals surface area (Å²) < 4.78 is 7.08. The molecule has 1 aliphatic heterocycles. The summed E-state index contributed by atoms with van der Waals surface area (Å²) in [5.41, 5.74) is 1.51. The van der Waals surface area contributed by atoms with Crippen LogP contribution in [-0.2, 0) is 4.79 Å². The lowest BCUT2D eigenvalue weighted by Gasteiger charge is -2.15. The molecule has 1 saturated heterocycles. The van der Waals surface area contributed by atoms with Crippen LogP contribution in [0.15, 0.2) is 53.1 Å². The first kappa shape index (κ1) is 18.3. The van der Waals surface area contributed by atoms with Crippen molar-refractivity contribution in [2.45, 2.75) is 12.8 Å². The van der Waals surface area contributed by atoms with Crippen molar-refractivity contribution in [2.24, 2.45) is 0 Å². The van der Waals surface area contributed by atoms with E-state index in [1.54, 1.807) is 52.2 Å². The second-order valence-corrected chi connectivity index (χ2v) is 6.99. The molecule has 2 aromatic heterocycles. The highest BCUT2D eigenvalue weighted by Gasteiger charge is 2.21. The van der Waals surface area contributed by atoms with E-state index in [-0.39, 0.29) is 18.1 Å². The number of likely N-dealkylation sites (tertiary alicyclic amines) is 1.